The van der Waals surface area contributed by atoms with Crippen LogP contribution < -0.4 is 4.74 Å². The molecule has 1 aromatic carbocycles. The molecule has 0 saturated carbocycles. The van der Waals surface area contributed by atoms with Gasteiger partial charge >= 0.3 is 5.97 Å². The van der Waals surface area contributed by atoms with Crippen molar-refractivity contribution < 1.29 is 14.6 Å². The minimum atomic E-state index is -0.699. The summed E-state index contributed by atoms with van der Waals surface area (Å²) in [5, 5.41) is 8.62. The normalized spacial score (nSPS) is 16.5. The summed E-state index contributed by atoms with van der Waals surface area (Å²) in [4.78, 5) is 12.7. The number of benzene rings is 1. The van der Waals surface area contributed by atoms with Crippen molar-refractivity contribution in [1.82, 2.24) is 4.90 Å². The van der Waals surface area contributed by atoms with E-state index < -0.39 is 5.97 Å². The van der Waals surface area contributed by atoms with Gasteiger partial charge in [-0.25, -0.2) is 0 Å². The molecule has 1 aliphatic rings. The van der Waals surface area contributed by atoms with E-state index in [-0.39, 0.29) is 6.42 Å². The lowest BCUT2D eigenvalue weighted by Crippen LogP contribution is -2.48. The molecule has 2 rings (SSSR count). The van der Waals surface area contributed by atoms with Gasteiger partial charge in [0.2, 0.25) is 0 Å². The van der Waals surface area contributed by atoms with Crippen molar-refractivity contribution in [3.63, 3.8) is 0 Å². The van der Waals surface area contributed by atoms with E-state index in [2.05, 4.69) is 4.90 Å². The van der Waals surface area contributed by atoms with Gasteiger partial charge in [0.05, 0.1) is 6.42 Å². The van der Waals surface area contributed by atoms with Gasteiger partial charge < -0.3 is 9.84 Å². The highest BCUT2D eigenvalue weighted by atomic mass is 16.5. The molecule has 1 aromatic rings. The van der Waals surface area contributed by atoms with E-state index in [1.807, 2.05) is 30.3 Å². The Morgan fingerprint density at radius 2 is 2.06 bits per heavy atom. The van der Waals surface area contributed by atoms with Crippen molar-refractivity contribution in [3.05, 3.63) is 30.3 Å². The predicted octanol–water partition coefficient (Wildman–Crippen LogP) is 1.47. The van der Waals surface area contributed by atoms with E-state index in [1.54, 1.807) is 0 Å². The van der Waals surface area contributed by atoms with Crippen molar-refractivity contribution in [2.45, 2.75) is 6.42 Å². The molecule has 17 heavy (non-hydrogen) atoms. The Bertz CT molecular complexity index is 360. The molecule has 0 aliphatic carbocycles. The lowest BCUT2D eigenvalue weighted by molar-refractivity contribution is -0.139. The first-order valence-corrected chi connectivity index (χ1v) is 5.86. The van der Waals surface area contributed by atoms with Crippen LogP contribution >= 0.6 is 0 Å². The molecule has 1 saturated heterocycles. The van der Waals surface area contributed by atoms with Gasteiger partial charge in [-0.3, -0.25) is 9.69 Å². The van der Waals surface area contributed by atoms with Crippen LogP contribution in [0.25, 0.3) is 0 Å². The Kier molecular flexibility index (Phi) is 3.98. The summed E-state index contributed by atoms with van der Waals surface area (Å²) in [5.41, 5.74) is 0. The van der Waals surface area contributed by atoms with E-state index in [9.17, 15) is 4.79 Å². The monoisotopic (exact) mass is 235 g/mol. The first-order valence-electron chi connectivity index (χ1n) is 5.86. The number of aliphatic carboxylic acids is 1. The number of likely N-dealkylation sites (tertiary alicyclic amines) is 1. The van der Waals surface area contributed by atoms with Crippen LogP contribution in [0.1, 0.15) is 6.42 Å². The quantitative estimate of drug-likeness (QED) is 0.811. The summed E-state index contributed by atoms with van der Waals surface area (Å²) in [7, 11) is 0. The maximum atomic E-state index is 10.5. The van der Waals surface area contributed by atoms with Gasteiger partial charge in [-0.2, -0.15) is 0 Å². The average Bonchev–Trinajstić information content (AvgIpc) is 2.26. The highest BCUT2D eigenvalue weighted by Crippen LogP contribution is 2.18. The molecule has 1 N–H and O–H groups in total. The predicted molar refractivity (Wildman–Crippen MR) is 64.1 cm³/mol. The van der Waals surface area contributed by atoms with Gasteiger partial charge in [0.1, 0.15) is 12.4 Å². The number of para-hydroxylation sites is 1. The fourth-order valence-corrected chi connectivity index (χ4v) is 2.04. The zero-order valence-corrected chi connectivity index (χ0v) is 9.71. The lowest BCUT2D eigenvalue weighted by atomic mass is 9.97. The second kappa shape index (κ2) is 5.68. The van der Waals surface area contributed by atoms with Crippen LogP contribution in [0.2, 0.25) is 0 Å². The third-order valence-electron chi connectivity index (χ3n) is 2.92. The Labute approximate surface area is 101 Å². The van der Waals surface area contributed by atoms with Crippen LogP contribution in [-0.2, 0) is 4.79 Å². The summed E-state index contributed by atoms with van der Waals surface area (Å²) in [6.07, 6.45) is 0.288. The average molecular weight is 235 g/mol. The Balaban J connectivity index is 1.58. The number of carbonyl (C=O) groups is 1. The molecule has 0 spiro atoms. The van der Waals surface area contributed by atoms with Crippen LogP contribution in [-0.4, -0.2) is 42.2 Å². The fourth-order valence-electron chi connectivity index (χ4n) is 2.04. The first kappa shape index (κ1) is 11.9. The van der Waals surface area contributed by atoms with Crippen LogP contribution in [0.15, 0.2) is 30.3 Å². The molecule has 1 fully saturated rings. The van der Waals surface area contributed by atoms with Crippen molar-refractivity contribution in [1.29, 1.82) is 0 Å². The zero-order chi connectivity index (χ0) is 12.1. The van der Waals surface area contributed by atoms with Crippen LogP contribution in [0.3, 0.4) is 0 Å². The first-order chi connectivity index (χ1) is 8.24. The third kappa shape index (κ3) is 3.75. The maximum Gasteiger partial charge on any atom is 0.303 e. The summed E-state index contributed by atoms with van der Waals surface area (Å²) >= 11 is 0. The molecule has 1 aliphatic heterocycles. The number of carboxylic acids is 1. The van der Waals surface area contributed by atoms with Crippen LogP contribution in [0.5, 0.6) is 5.75 Å². The molecule has 0 amide bonds. The minimum absolute atomic E-state index is 0.288. The molecule has 1 heterocycles. The number of hydrogen-bond acceptors (Lipinski definition) is 3. The van der Waals surface area contributed by atoms with E-state index in [4.69, 9.17) is 9.84 Å². The smallest absolute Gasteiger partial charge is 0.303 e. The third-order valence-corrected chi connectivity index (χ3v) is 2.92. The minimum Gasteiger partial charge on any atom is -0.492 e. The number of nitrogens with zero attached hydrogens (tertiary/aromatic N) is 1. The molecule has 0 radical (unpaired) electrons. The fraction of sp³-hybridized carbons (Fsp3) is 0.462. The van der Waals surface area contributed by atoms with Crippen molar-refractivity contribution >= 4 is 5.97 Å². The highest BCUT2D eigenvalue weighted by Gasteiger charge is 2.27. The Morgan fingerprint density at radius 1 is 1.35 bits per heavy atom. The van der Waals surface area contributed by atoms with Crippen molar-refractivity contribution in [2.24, 2.45) is 5.92 Å². The van der Waals surface area contributed by atoms with E-state index >= 15 is 0 Å². The molecule has 92 valence electrons. The number of carboxylic acid groups (broad SMARTS) is 1. The van der Waals surface area contributed by atoms with Gasteiger partial charge in [-0.15, -0.1) is 0 Å². The maximum absolute atomic E-state index is 10.5. The number of rotatable bonds is 6. The van der Waals surface area contributed by atoms with Gasteiger partial charge in [0.25, 0.3) is 0 Å². The topological polar surface area (TPSA) is 49.8 Å². The molecule has 0 aromatic heterocycles. The second-order valence-corrected chi connectivity index (χ2v) is 4.38. The SMILES string of the molecule is O=C(O)CC1CN(CCOc2ccccc2)C1. The molecule has 0 bridgehead atoms. The molecule has 4 heteroatoms. The molecule has 0 unspecified atom stereocenters. The van der Waals surface area contributed by atoms with Gasteiger partial charge in [0, 0.05) is 19.6 Å². The Hall–Kier alpha value is -1.55. The van der Waals surface area contributed by atoms with Gasteiger partial charge in [0.15, 0.2) is 0 Å². The van der Waals surface area contributed by atoms with E-state index in [0.29, 0.717) is 12.5 Å². The summed E-state index contributed by atoms with van der Waals surface area (Å²) < 4.78 is 5.57. The molecule has 0 atom stereocenters. The summed E-state index contributed by atoms with van der Waals surface area (Å²) in [6.45, 7) is 3.28. The van der Waals surface area contributed by atoms with Crippen molar-refractivity contribution in [3.8, 4) is 5.75 Å². The lowest BCUT2D eigenvalue weighted by Gasteiger charge is -2.38. The van der Waals surface area contributed by atoms with E-state index in [0.717, 1.165) is 25.4 Å². The van der Waals surface area contributed by atoms with Gasteiger partial charge in [-0.05, 0) is 18.1 Å². The standard InChI is InChI=1S/C13H17NO3/c15-13(16)8-11-9-14(10-11)6-7-17-12-4-2-1-3-5-12/h1-5,11H,6-10H2,(H,15,16). The number of ether oxygens (including phenoxy) is 1. The van der Waals surface area contributed by atoms with Crippen LogP contribution in [0.4, 0.5) is 0 Å². The highest BCUT2D eigenvalue weighted by molar-refractivity contribution is 5.67. The van der Waals surface area contributed by atoms with Crippen LogP contribution in [0, 0.1) is 5.92 Å². The number of hydrogen-bond donors (Lipinski definition) is 1. The second-order valence-electron chi connectivity index (χ2n) is 4.38. The molecular weight excluding hydrogens is 218 g/mol. The molecule has 4 nitrogen and oxygen atoms in total. The summed E-state index contributed by atoms with van der Waals surface area (Å²) in [5.74, 6) is 0.509. The summed E-state index contributed by atoms with van der Waals surface area (Å²) in [6, 6.07) is 9.72. The van der Waals surface area contributed by atoms with E-state index in [1.165, 1.54) is 0 Å². The zero-order valence-electron chi connectivity index (χ0n) is 9.71. The van der Waals surface area contributed by atoms with Crippen molar-refractivity contribution in [2.75, 3.05) is 26.2 Å². The largest absolute Gasteiger partial charge is 0.492 e. The Morgan fingerprint density at radius 3 is 2.71 bits per heavy atom. The molecular formula is C13H17NO3. The van der Waals surface area contributed by atoms with Gasteiger partial charge in [-0.1, -0.05) is 18.2 Å².